The summed E-state index contributed by atoms with van der Waals surface area (Å²) >= 11 is 15.7. The number of likely N-dealkylation sites (tertiary alicyclic amines) is 1. The number of carbonyl (C=O) groups excluding carboxylic acids is 1. The normalized spacial score (nSPS) is 17.1. The molecule has 1 saturated heterocycles. The molecule has 1 N–H and O–H groups in total. The third kappa shape index (κ3) is 5.03. The van der Waals surface area contributed by atoms with E-state index in [1.165, 1.54) is 0 Å². The van der Waals surface area contributed by atoms with Crippen molar-refractivity contribution >= 4 is 50.7 Å². The largest absolute Gasteiger partial charge is 0.338 e. The number of rotatable bonds is 5. The first-order valence-corrected chi connectivity index (χ1v) is 11.1. The first-order valence-electron chi connectivity index (χ1n) is 9.55. The second-order valence-corrected chi connectivity index (χ2v) is 8.85. The lowest BCUT2D eigenvalue weighted by atomic mass is 9.97. The zero-order chi connectivity index (χ0) is 21.1. The Hall–Kier alpha value is -1.93. The number of hydrogen-bond donors (Lipinski definition) is 1. The van der Waals surface area contributed by atoms with Gasteiger partial charge in [-0.15, -0.1) is 0 Å². The van der Waals surface area contributed by atoms with Gasteiger partial charge in [0, 0.05) is 22.3 Å². The van der Waals surface area contributed by atoms with Crippen LogP contribution in [0.2, 0.25) is 10.0 Å². The lowest BCUT2D eigenvalue weighted by Crippen LogP contribution is -2.40. The average Bonchev–Trinajstić information content (AvgIpc) is 3.19. The maximum absolute atomic E-state index is 12.7. The highest BCUT2D eigenvalue weighted by Gasteiger charge is 2.27. The lowest BCUT2D eigenvalue weighted by Gasteiger charge is -2.30. The summed E-state index contributed by atoms with van der Waals surface area (Å²) < 4.78 is 6.20. The zero-order valence-electron chi connectivity index (χ0n) is 15.9. The molecule has 1 atom stereocenters. The van der Waals surface area contributed by atoms with Crippen LogP contribution >= 0.6 is 39.1 Å². The minimum atomic E-state index is -0.118. The van der Waals surface area contributed by atoms with Gasteiger partial charge >= 0.3 is 0 Å². The molecule has 4 rings (SSSR count). The van der Waals surface area contributed by atoms with Gasteiger partial charge in [0.05, 0.1) is 22.5 Å². The summed E-state index contributed by atoms with van der Waals surface area (Å²) in [7, 11) is 0. The molecule has 1 aliphatic heterocycles. The van der Waals surface area contributed by atoms with Crippen molar-refractivity contribution in [3.8, 4) is 11.4 Å². The lowest BCUT2D eigenvalue weighted by molar-refractivity contribution is -0.121. The number of piperidine rings is 1. The van der Waals surface area contributed by atoms with Gasteiger partial charge in [-0.25, -0.2) is 0 Å². The Balaban J connectivity index is 1.38. The Bertz CT molecular complexity index is 1060. The molecule has 0 radical (unpaired) electrons. The highest BCUT2D eigenvalue weighted by molar-refractivity contribution is 9.10. The zero-order valence-corrected chi connectivity index (χ0v) is 19.0. The van der Waals surface area contributed by atoms with Crippen molar-refractivity contribution in [2.75, 3.05) is 18.4 Å². The van der Waals surface area contributed by atoms with Crippen molar-refractivity contribution in [1.82, 2.24) is 15.0 Å². The number of hydrogen-bond acceptors (Lipinski definition) is 5. The number of halogens is 3. The monoisotopic (exact) mass is 508 g/mol. The highest BCUT2D eigenvalue weighted by Crippen LogP contribution is 2.28. The van der Waals surface area contributed by atoms with Crippen LogP contribution in [-0.2, 0) is 11.3 Å². The molecular weight excluding hydrogens is 491 g/mol. The van der Waals surface area contributed by atoms with Gasteiger partial charge in [0.1, 0.15) is 0 Å². The number of nitrogens with one attached hydrogen (secondary N) is 1. The number of amides is 1. The molecule has 2 aromatic carbocycles. The van der Waals surface area contributed by atoms with Gasteiger partial charge in [-0.3, -0.25) is 9.69 Å². The van der Waals surface area contributed by atoms with Crippen LogP contribution in [0.25, 0.3) is 11.4 Å². The van der Waals surface area contributed by atoms with E-state index in [9.17, 15) is 4.79 Å². The molecule has 0 aliphatic carbocycles. The van der Waals surface area contributed by atoms with E-state index < -0.39 is 0 Å². The molecule has 1 aromatic heterocycles. The van der Waals surface area contributed by atoms with E-state index >= 15 is 0 Å². The van der Waals surface area contributed by atoms with Gasteiger partial charge in [-0.2, -0.15) is 4.98 Å². The van der Waals surface area contributed by atoms with Crippen LogP contribution in [0.1, 0.15) is 18.7 Å². The minimum absolute atomic E-state index is 0.0135. The van der Waals surface area contributed by atoms with E-state index in [2.05, 4.69) is 36.3 Å². The van der Waals surface area contributed by atoms with Crippen molar-refractivity contribution in [2.24, 2.45) is 5.92 Å². The third-order valence-electron chi connectivity index (χ3n) is 5.01. The summed E-state index contributed by atoms with van der Waals surface area (Å²) in [4.78, 5) is 19.4. The van der Waals surface area contributed by atoms with Crippen LogP contribution in [0.5, 0.6) is 0 Å². The van der Waals surface area contributed by atoms with Gasteiger partial charge in [0.2, 0.25) is 17.6 Å². The molecule has 0 spiro atoms. The van der Waals surface area contributed by atoms with Crippen molar-refractivity contribution in [3.63, 3.8) is 0 Å². The third-order valence-corrected chi connectivity index (χ3v) is 6.57. The van der Waals surface area contributed by atoms with Gasteiger partial charge < -0.3 is 9.84 Å². The summed E-state index contributed by atoms with van der Waals surface area (Å²) in [5.41, 5.74) is 1.42. The number of nitrogens with zero attached hydrogens (tertiary/aromatic N) is 3. The molecule has 30 heavy (non-hydrogen) atoms. The van der Waals surface area contributed by atoms with E-state index in [1.54, 1.807) is 12.1 Å². The van der Waals surface area contributed by atoms with Crippen molar-refractivity contribution in [2.45, 2.75) is 19.4 Å². The van der Waals surface area contributed by atoms with Crippen molar-refractivity contribution in [3.05, 3.63) is 62.9 Å². The van der Waals surface area contributed by atoms with E-state index in [0.717, 1.165) is 29.4 Å². The van der Waals surface area contributed by atoms with Gasteiger partial charge in [0.25, 0.3) is 0 Å². The fraction of sp³-hybridized carbons (Fsp3) is 0.286. The maximum Gasteiger partial charge on any atom is 0.241 e. The summed E-state index contributed by atoms with van der Waals surface area (Å²) in [6.45, 7) is 1.99. The first-order chi connectivity index (χ1) is 14.5. The Labute approximate surface area is 192 Å². The van der Waals surface area contributed by atoms with Gasteiger partial charge in [-0.1, -0.05) is 40.5 Å². The molecule has 156 valence electrons. The van der Waals surface area contributed by atoms with E-state index in [-0.39, 0.29) is 11.8 Å². The molecule has 1 aliphatic rings. The topological polar surface area (TPSA) is 71.3 Å². The number of carbonyl (C=O) groups is 1. The van der Waals surface area contributed by atoms with Crippen LogP contribution in [0.15, 0.2) is 51.5 Å². The molecule has 1 amide bonds. The summed E-state index contributed by atoms with van der Waals surface area (Å²) in [6.07, 6.45) is 1.76. The molecule has 3 aromatic rings. The standard InChI is InChI=1S/C21H19BrCl2N4O2/c22-16-8-7-14(10-18(16)24)25-21(29)13-4-3-9-28(11-13)12-19-26-20(27-30-19)15-5-1-2-6-17(15)23/h1-2,5-8,10,13H,3-4,9,11-12H2,(H,25,29). The predicted molar refractivity (Wildman–Crippen MR) is 121 cm³/mol. The van der Waals surface area contributed by atoms with E-state index in [1.807, 2.05) is 30.3 Å². The van der Waals surface area contributed by atoms with Crippen LogP contribution in [0.3, 0.4) is 0 Å². The molecule has 6 nitrogen and oxygen atoms in total. The SMILES string of the molecule is O=C(Nc1ccc(Br)c(Cl)c1)C1CCCN(Cc2nc(-c3ccccc3Cl)no2)C1. The summed E-state index contributed by atoms with van der Waals surface area (Å²) in [6, 6.07) is 12.8. The summed E-state index contributed by atoms with van der Waals surface area (Å²) in [5.74, 6) is 0.840. The number of aromatic nitrogens is 2. The van der Waals surface area contributed by atoms with Gasteiger partial charge in [0.15, 0.2) is 0 Å². The smallest absolute Gasteiger partial charge is 0.241 e. The Morgan fingerprint density at radius 3 is 2.87 bits per heavy atom. The molecule has 0 bridgehead atoms. The van der Waals surface area contributed by atoms with Gasteiger partial charge in [-0.05, 0) is 65.6 Å². The minimum Gasteiger partial charge on any atom is -0.338 e. The fourth-order valence-electron chi connectivity index (χ4n) is 3.49. The Kier molecular flexibility index (Phi) is 6.73. The van der Waals surface area contributed by atoms with Crippen LogP contribution in [-0.4, -0.2) is 34.0 Å². The average molecular weight is 510 g/mol. The number of benzene rings is 2. The van der Waals surface area contributed by atoms with Crippen LogP contribution in [0.4, 0.5) is 5.69 Å². The molecule has 1 unspecified atom stereocenters. The van der Waals surface area contributed by atoms with E-state index in [4.69, 9.17) is 27.7 Å². The van der Waals surface area contributed by atoms with Crippen LogP contribution < -0.4 is 5.32 Å². The van der Waals surface area contributed by atoms with Crippen molar-refractivity contribution in [1.29, 1.82) is 0 Å². The second-order valence-electron chi connectivity index (χ2n) is 7.18. The Morgan fingerprint density at radius 2 is 2.07 bits per heavy atom. The molecule has 1 fully saturated rings. The van der Waals surface area contributed by atoms with Crippen LogP contribution in [0, 0.1) is 5.92 Å². The molecule has 9 heteroatoms. The molecule has 0 saturated carbocycles. The fourth-order valence-corrected chi connectivity index (χ4v) is 4.14. The summed E-state index contributed by atoms with van der Waals surface area (Å²) in [5, 5.41) is 8.14. The number of anilines is 1. The first kappa shape index (κ1) is 21.3. The highest BCUT2D eigenvalue weighted by atomic mass is 79.9. The van der Waals surface area contributed by atoms with E-state index in [0.29, 0.717) is 40.5 Å². The maximum atomic E-state index is 12.7. The Morgan fingerprint density at radius 1 is 1.23 bits per heavy atom. The predicted octanol–water partition coefficient (Wildman–Crippen LogP) is 5.66. The van der Waals surface area contributed by atoms with Crippen molar-refractivity contribution < 1.29 is 9.32 Å². The second kappa shape index (κ2) is 9.47. The molecule has 2 heterocycles. The quantitative estimate of drug-likeness (QED) is 0.480. The molecular formula is C21H19BrCl2N4O2.